The molecule has 0 fully saturated rings. The van der Waals surface area contributed by atoms with Gasteiger partial charge in [-0.25, -0.2) is 4.98 Å². The molecule has 2 N–H and O–H groups in total. The molecule has 0 saturated carbocycles. The zero-order valence-corrected chi connectivity index (χ0v) is 12.9. The number of rotatable bonds is 4. The number of amides is 1. The topological polar surface area (TPSA) is 70.9 Å². The highest BCUT2D eigenvalue weighted by molar-refractivity contribution is 7.14. The zero-order valence-electron chi connectivity index (χ0n) is 12.1. The van der Waals surface area contributed by atoms with Crippen LogP contribution in [0.3, 0.4) is 0 Å². The number of benzene rings is 1. The minimum absolute atomic E-state index is 0.0879. The molecule has 0 aliphatic carbocycles. The van der Waals surface area contributed by atoms with Crippen molar-refractivity contribution in [2.75, 3.05) is 5.32 Å². The van der Waals surface area contributed by atoms with Gasteiger partial charge in [0.2, 0.25) is 5.91 Å². The van der Waals surface area contributed by atoms with E-state index in [-0.39, 0.29) is 5.91 Å². The third kappa shape index (κ3) is 2.76. The highest BCUT2D eigenvalue weighted by atomic mass is 32.1. The lowest BCUT2D eigenvalue weighted by atomic mass is 10.1. The summed E-state index contributed by atoms with van der Waals surface area (Å²) in [6.45, 7) is 0. The van der Waals surface area contributed by atoms with Crippen LogP contribution in [0.1, 0.15) is 5.56 Å². The molecule has 6 heteroatoms. The Morgan fingerprint density at radius 3 is 3.04 bits per heavy atom. The first-order valence-electron chi connectivity index (χ1n) is 7.14. The summed E-state index contributed by atoms with van der Waals surface area (Å²) >= 11 is 1.38. The maximum Gasteiger partial charge on any atom is 0.230 e. The Morgan fingerprint density at radius 2 is 2.17 bits per heavy atom. The molecule has 1 amide bonds. The van der Waals surface area contributed by atoms with Crippen molar-refractivity contribution >= 4 is 33.3 Å². The summed E-state index contributed by atoms with van der Waals surface area (Å²) in [5.41, 5.74) is 2.73. The number of carbonyl (C=O) groups excluding carboxylic acids is 1. The van der Waals surface area contributed by atoms with Crippen LogP contribution in [0.25, 0.3) is 22.4 Å². The summed E-state index contributed by atoms with van der Waals surface area (Å²) in [7, 11) is 0. The predicted molar refractivity (Wildman–Crippen MR) is 90.4 cm³/mol. The Kier molecular flexibility index (Phi) is 3.44. The minimum Gasteiger partial charge on any atom is -0.463 e. The molecule has 3 aromatic heterocycles. The first-order chi connectivity index (χ1) is 11.3. The summed E-state index contributed by atoms with van der Waals surface area (Å²) in [5, 5.41) is 6.34. The van der Waals surface area contributed by atoms with Gasteiger partial charge in [0, 0.05) is 22.5 Å². The van der Waals surface area contributed by atoms with E-state index in [1.807, 2.05) is 48.0 Å². The van der Waals surface area contributed by atoms with Crippen LogP contribution < -0.4 is 5.32 Å². The molecule has 0 saturated heterocycles. The highest BCUT2D eigenvalue weighted by Gasteiger charge is 2.12. The summed E-state index contributed by atoms with van der Waals surface area (Å²) in [5.74, 6) is 0.605. The maximum absolute atomic E-state index is 12.2. The van der Waals surface area contributed by atoms with Gasteiger partial charge >= 0.3 is 0 Å². The molecule has 23 heavy (non-hydrogen) atoms. The van der Waals surface area contributed by atoms with Crippen molar-refractivity contribution in [3.05, 3.63) is 59.8 Å². The number of furan rings is 1. The number of thiazole rings is 1. The van der Waals surface area contributed by atoms with Gasteiger partial charge in [0.25, 0.3) is 0 Å². The zero-order chi connectivity index (χ0) is 15.6. The molecule has 1 aromatic carbocycles. The van der Waals surface area contributed by atoms with Gasteiger partial charge in [-0.2, -0.15) is 0 Å². The second kappa shape index (κ2) is 5.73. The van der Waals surface area contributed by atoms with Crippen molar-refractivity contribution in [3.63, 3.8) is 0 Å². The number of nitrogens with one attached hydrogen (secondary N) is 2. The van der Waals surface area contributed by atoms with E-state index >= 15 is 0 Å². The summed E-state index contributed by atoms with van der Waals surface area (Å²) in [6, 6.07) is 11.6. The van der Waals surface area contributed by atoms with Crippen LogP contribution in [0, 0.1) is 0 Å². The van der Waals surface area contributed by atoms with Gasteiger partial charge in [-0.1, -0.05) is 18.2 Å². The van der Waals surface area contributed by atoms with E-state index in [9.17, 15) is 4.79 Å². The van der Waals surface area contributed by atoms with Crippen LogP contribution in [0.2, 0.25) is 0 Å². The predicted octanol–water partition coefficient (Wildman–Crippen LogP) is 4.07. The van der Waals surface area contributed by atoms with Crippen LogP contribution in [-0.2, 0) is 11.2 Å². The van der Waals surface area contributed by atoms with Crippen LogP contribution >= 0.6 is 11.3 Å². The molecule has 4 rings (SSSR count). The molecule has 4 aromatic rings. The van der Waals surface area contributed by atoms with Gasteiger partial charge in [-0.3, -0.25) is 4.79 Å². The normalized spacial score (nSPS) is 11.0. The molecule has 0 radical (unpaired) electrons. The molecular weight excluding hydrogens is 310 g/mol. The average molecular weight is 323 g/mol. The van der Waals surface area contributed by atoms with Gasteiger partial charge < -0.3 is 14.7 Å². The van der Waals surface area contributed by atoms with Crippen LogP contribution in [0.4, 0.5) is 5.13 Å². The lowest BCUT2D eigenvalue weighted by molar-refractivity contribution is -0.115. The Labute approximate surface area is 136 Å². The average Bonchev–Trinajstić information content (AvgIpc) is 3.27. The number of nitrogens with zero attached hydrogens (tertiary/aromatic N) is 1. The molecule has 3 heterocycles. The second-order valence-corrected chi connectivity index (χ2v) is 5.96. The maximum atomic E-state index is 12.2. The number of aromatic nitrogens is 2. The largest absolute Gasteiger partial charge is 0.463 e. The van der Waals surface area contributed by atoms with Crippen molar-refractivity contribution in [3.8, 4) is 11.5 Å². The van der Waals surface area contributed by atoms with E-state index in [2.05, 4.69) is 15.3 Å². The fourth-order valence-electron chi connectivity index (χ4n) is 2.48. The number of aromatic amines is 1. The first kappa shape index (κ1) is 13.8. The smallest absolute Gasteiger partial charge is 0.230 e. The first-order valence-corrected chi connectivity index (χ1v) is 8.02. The van der Waals surface area contributed by atoms with Crippen molar-refractivity contribution in [2.45, 2.75) is 6.42 Å². The standard InChI is InChI=1S/C17H13N3O2S/c21-16(8-11-9-18-13-5-2-1-4-12(11)13)20-17-19-14(10-23-17)15-6-3-7-22-15/h1-7,9-10,18H,8H2,(H,19,20,21). The number of hydrogen-bond donors (Lipinski definition) is 2. The van der Waals surface area contributed by atoms with E-state index in [0.717, 1.165) is 22.2 Å². The van der Waals surface area contributed by atoms with Gasteiger partial charge in [-0.15, -0.1) is 11.3 Å². The fourth-order valence-corrected chi connectivity index (χ4v) is 3.20. The van der Waals surface area contributed by atoms with Crippen molar-refractivity contribution < 1.29 is 9.21 Å². The van der Waals surface area contributed by atoms with Gasteiger partial charge in [0.1, 0.15) is 5.69 Å². The highest BCUT2D eigenvalue weighted by Crippen LogP contribution is 2.25. The molecule has 5 nitrogen and oxygen atoms in total. The van der Waals surface area contributed by atoms with E-state index < -0.39 is 0 Å². The number of anilines is 1. The Morgan fingerprint density at radius 1 is 1.26 bits per heavy atom. The van der Waals surface area contributed by atoms with Gasteiger partial charge in [0.05, 0.1) is 12.7 Å². The summed E-state index contributed by atoms with van der Waals surface area (Å²) in [4.78, 5) is 19.8. The van der Waals surface area contributed by atoms with E-state index in [1.165, 1.54) is 11.3 Å². The van der Waals surface area contributed by atoms with E-state index in [4.69, 9.17) is 4.42 Å². The number of H-pyrrole nitrogens is 1. The molecule has 0 aliphatic rings. The Hall–Kier alpha value is -2.86. The quantitative estimate of drug-likeness (QED) is 0.595. The van der Waals surface area contributed by atoms with Crippen LogP contribution in [0.5, 0.6) is 0 Å². The SMILES string of the molecule is O=C(Cc1c[nH]c2ccccc12)Nc1nc(-c2ccco2)cs1. The van der Waals surface area contributed by atoms with Gasteiger partial charge in [-0.05, 0) is 23.8 Å². The monoisotopic (exact) mass is 323 g/mol. The fraction of sp³-hybridized carbons (Fsp3) is 0.0588. The molecule has 114 valence electrons. The minimum atomic E-state index is -0.0879. The van der Waals surface area contributed by atoms with Gasteiger partial charge in [0.15, 0.2) is 10.9 Å². The summed E-state index contributed by atoms with van der Waals surface area (Å²) in [6.07, 6.45) is 3.78. The van der Waals surface area contributed by atoms with E-state index in [0.29, 0.717) is 17.3 Å². The number of hydrogen-bond acceptors (Lipinski definition) is 4. The molecule has 0 spiro atoms. The number of carbonyl (C=O) groups is 1. The third-order valence-electron chi connectivity index (χ3n) is 3.55. The molecule has 0 atom stereocenters. The van der Waals surface area contributed by atoms with Crippen molar-refractivity contribution in [1.29, 1.82) is 0 Å². The van der Waals surface area contributed by atoms with Crippen molar-refractivity contribution in [1.82, 2.24) is 9.97 Å². The van der Waals surface area contributed by atoms with Crippen molar-refractivity contribution in [2.24, 2.45) is 0 Å². The number of para-hydroxylation sites is 1. The molecule has 0 bridgehead atoms. The lowest BCUT2D eigenvalue weighted by Gasteiger charge is -2.00. The molecule has 0 aliphatic heterocycles. The lowest BCUT2D eigenvalue weighted by Crippen LogP contribution is -2.13. The second-order valence-electron chi connectivity index (χ2n) is 5.10. The molecule has 0 unspecified atom stereocenters. The van der Waals surface area contributed by atoms with Crippen LogP contribution in [-0.4, -0.2) is 15.9 Å². The van der Waals surface area contributed by atoms with Crippen LogP contribution in [0.15, 0.2) is 58.7 Å². The molecular formula is C17H13N3O2S. The van der Waals surface area contributed by atoms with E-state index in [1.54, 1.807) is 6.26 Å². The Bertz CT molecular complexity index is 953. The third-order valence-corrected chi connectivity index (χ3v) is 4.31. The Balaban J connectivity index is 1.48. The summed E-state index contributed by atoms with van der Waals surface area (Å²) < 4.78 is 5.30. The number of fused-ring (bicyclic) bond motifs is 1.